The van der Waals surface area contributed by atoms with Gasteiger partial charge in [0.05, 0.1) is 4.92 Å². The van der Waals surface area contributed by atoms with Crippen LogP contribution in [0.15, 0.2) is 30.5 Å². The first-order valence-electron chi connectivity index (χ1n) is 6.07. The summed E-state index contributed by atoms with van der Waals surface area (Å²) in [4.78, 5) is 14.5. The quantitative estimate of drug-likeness (QED) is 0.686. The summed E-state index contributed by atoms with van der Waals surface area (Å²) in [6.45, 7) is 4.32. The molecule has 5 nitrogen and oxygen atoms in total. The number of hydrogen-bond acceptors (Lipinski definition) is 4. The summed E-state index contributed by atoms with van der Waals surface area (Å²) in [5.74, 6) is 0. The molecule has 1 N–H and O–H groups in total. The van der Waals surface area contributed by atoms with Gasteiger partial charge in [0.15, 0.2) is 0 Å². The highest BCUT2D eigenvalue weighted by Crippen LogP contribution is 2.30. The molecule has 0 aliphatic carbocycles. The maximum Gasteiger partial charge on any atom is 0.288 e. The Morgan fingerprint density at radius 3 is 2.70 bits per heavy atom. The third-order valence-electron chi connectivity index (χ3n) is 2.95. The van der Waals surface area contributed by atoms with Gasteiger partial charge in [-0.15, -0.1) is 0 Å². The Morgan fingerprint density at radius 2 is 2.10 bits per heavy atom. The molecule has 0 aliphatic rings. The maximum absolute atomic E-state index is 10.8. The smallest absolute Gasteiger partial charge is 0.288 e. The highest BCUT2D eigenvalue weighted by Gasteiger charge is 2.14. The molecule has 0 aliphatic heterocycles. The molecule has 0 spiro atoms. The fourth-order valence-electron chi connectivity index (χ4n) is 1.80. The number of pyridine rings is 1. The molecular weight excluding hydrogens is 278 g/mol. The van der Waals surface area contributed by atoms with E-state index in [0.29, 0.717) is 6.54 Å². The van der Waals surface area contributed by atoms with Gasteiger partial charge in [-0.05, 0) is 37.1 Å². The summed E-state index contributed by atoms with van der Waals surface area (Å²) in [5.41, 5.74) is 3.47. The van der Waals surface area contributed by atoms with Crippen LogP contribution in [0, 0.1) is 24.0 Å². The van der Waals surface area contributed by atoms with E-state index >= 15 is 0 Å². The SMILES string of the molecule is Cc1ccc(CNc2cc(Cl)c([N+](=O)[O-])cc2C)cn1. The summed E-state index contributed by atoms with van der Waals surface area (Å²) in [6, 6.07) is 6.97. The van der Waals surface area contributed by atoms with Crippen molar-refractivity contribution in [2.75, 3.05) is 5.32 Å². The number of rotatable bonds is 4. The van der Waals surface area contributed by atoms with Crippen LogP contribution in [-0.4, -0.2) is 9.91 Å². The molecule has 0 fully saturated rings. The highest BCUT2D eigenvalue weighted by molar-refractivity contribution is 6.33. The zero-order valence-corrected chi connectivity index (χ0v) is 11.9. The van der Waals surface area contributed by atoms with Crippen LogP contribution in [0.3, 0.4) is 0 Å². The van der Waals surface area contributed by atoms with Gasteiger partial charge in [0, 0.05) is 30.2 Å². The minimum Gasteiger partial charge on any atom is -0.381 e. The van der Waals surface area contributed by atoms with Crippen LogP contribution in [-0.2, 0) is 6.54 Å². The normalized spacial score (nSPS) is 10.3. The number of aryl methyl sites for hydroxylation is 2. The van der Waals surface area contributed by atoms with Crippen LogP contribution in [0.1, 0.15) is 16.8 Å². The Morgan fingerprint density at radius 1 is 1.35 bits per heavy atom. The average Bonchev–Trinajstić information content (AvgIpc) is 2.41. The molecule has 20 heavy (non-hydrogen) atoms. The van der Waals surface area contributed by atoms with Crippen LogP contribution in [0.2, 0.25) is 5.02 Å². The van der Waals surface area contributed by atoms with Crippen LogP contribution in [0.4, 0.5) is 11.4 Å². The van der Waals surface area contributed by atoms with Gasteiger partial charge in [-0.25, -0.2) is 0 Å². The Balaban J connectivity index is 2.16. The van der Waals surface area contributed by atoms with Crippen molar-refractivity contribution in [2.24, 2.45) is 0 Å². The number of nitro benzene ring substituents is 1. The number of nitrogens with zero attached hydrogens (tertiary/aromatic N) is 2. The van der Waals surface area contributed by atoms with E-state index in [1.54, 1.807) is 19.2 Å². The number of nitro groups is 1. The topological polar surface area (TPSA) is 68.1 Å². The Bertz CT molecular complexity index is 642. The molecule has 1 aromatic heterocycles. The Kier molecular flexibility index (Phi) is 4.20. The lowest BCUT2D eigenvalue weighted by Crippen LogP contribution is -2.02. The van der Waals surface area contributed by atoms with E-state index in [1.165, 1.54) is 6.07 Å². The number of anilines is 1. The lowest BCUT2D eigenvalue weighted by atomic mass is 10.1. The van der Waals surface area contributed by atoms with E-state index in [0.717, 1.165) is 22.5 Å². The summed E-state index contributed by atoms with van der Waals surface area (Å²) < 4.78 is 0. The standard InChI is InChI=1S/C14H14ClN3O2/c1-9-5-14(18(19)20)12(15)6-13(9)17-8-11-4-3-10(2)16-7-11/h3-7,17H,8H2,1-2H3. The summed E-state index contributed by atoms with van der Waals surface area (Å²) in [7, 11) is 0. The van der Waals surface area contributed by atoms with Gasteiger partial charge in [-0.2, -0.15) is 0 Å². The van der Waals surface area contributed by atoms with Crippen molar-refractivity contribution < 1.29 is 4.92 Å². The molecule has 1 aromatic carbocycles. The summed E-state index contributed by atoms with van der Waals surface area (Å²) in [5, 5.41) is 14.1. The molecule has 0 unspecified atom stereocenters. The van der Waals surface area contributed by atoms with E-state index in [4.69, 9.17) is 11.6 Å². The number of aromatic nitrogens is 1. The monoisotopic (exact) mass is 291 g/mol. The van der Waals surface area contributed by atoms with Crippen molar-refractivity contribution in [3.8, 4) is 0 Å². The first-order chi connectivity index (χ1) is 9.47. The molecule has 0 bridgehead atoms. The van der Waals surface area contributed by atoms with Gasteiger partial charge in [-0.1, -0.05) is 17.7 Å². The molecule has 0 saturated carbocycles. The van der Waals surface area contributed by atoms with Gasteiger partial charge in [0.25, 0.3) is 5.69 Å². The Labute approximate surface area is 121 Å². The van der Waals surface area contributed by atoms with Crippen molar-refractivity contribution >= 4 is 23.0 Å². The maximum atomic E-state index is 10.8. The van der Waals surface area contributed by atoms with Gasteiger partial charge in [0.1, 0.15) is 5.02 Å². The van der Waals surface area contributed by atoms with Crippen LogP contribution in [0.25, 0.3) is 0 Å². The molecule has 2 rings (SSSR count). The second-order valence-corrected chi connectivity index (χ2v) is 4.94. The zero-order chi connectivity index (χ0) is 14.7. The molecule has 6 heteroatoms. The summed E-state index contributed by atoms with van der Waals surface area (Å²) >= 11 is 5.90. The third-order valence-corrected chi connectivity index (χ3v) is 3.25. The van der Waals surface area contributed by atoms with E-state index < -0.39 is 4.92 Å². The molecule has 0 radical (unpaired) electrons. The fraction of sp³-hybridized carbons (Fsp3) is 0.214. The predicted octanol–water partition coefficient (Wildman–Crippen LogP) is 3.87. The molecule has 0 saturated heterocycles. The molecule has 1 heterocycles. The molecule has 104 valence electrons. The minimum atomic E-state index is -0.483. The van der Waals surface area contributed by atoms with E-state index in [-0.39, 0.29) is 10.7 Å². The van der Waals surface area contributed by atoms with Crippen molar-refractivity contribution in [3.63, 3.8) is 0 Å². The van der Waals surface area contributed by atoms with Gasteiger partial charge >= 0.3 is 0 Å². The second kappa shape index (κ2) is 5.88. The highest BCUT2D eigenvalue weighted by atomic mass is 35.5. The number of hydrogen-bond donors (Lipinski definition) is 1. The van der Waals surface area contributed by atoms with E-state index in [9.17, 15) is 10.1 Å². The molecule has 2 aromatic rings. The largest absolute Gasteiger partial charge is 0.381 e. The van der Waals surface area contributed by atoms with Gasteiger partial charge in [-0.3, -0.25) is 15.1 Å². The van der Waals surface area contributed by atoms with E-state index in [1.807, 2.05) is 19.1 Å². The van der Waals surface area contributed by atoms with Crippen LogP contribution >= 0.6 is 11.6 Å². The summed E-state index contributed by atoms with van der Waals surface area (Å²) in [6.07, 6.45) is 1.80. The lowest BCUT2D eigenvalue weighted by Gasteiger charge is -2.10. The Hall–Kier alpha value is -2.14. The minimum absolute atomic E-state index is 0.0771. The van der Waals surface area contributed by atoms with Crippen LogP contribution in [0.5, 0.6) is 0 Å². The predicted molar refractivity (Wildman–Crippen MR) is 79.1 cm³/mol. The van der Waals surface area contributed by atoms with Gasteiger partial charge < -0.3 is 5.32 Å². The lowest BCUT2D eigenvalue weighted by molar-refractivity contribution is -0.384. The van der Waals surface area contributed by atoms with Gasteiger partial charge in [0.2, 0.25) is 0 Å². The number of nitrogens with one attached hydrogen (secondary N) is 1. The van der Waals surface area contributed by atoms with Crippen molar-refractivity contribution in [1.29, 1.82) is 0 Å². The van der Waals surface area contributed by atoms with Crippen molar-refractivity contribution in [2.45, 2.75) is 20.4 Å². The first-order valence-corrected chi connectivity index (χ1v) is 6.45. The van der Waals surface area contributed by atoms with E-state index in [2.05, 4.69) is 10.3 Å². The van der Waals surface area contributed by atoms with Crippen molar-refractivity contribution in [3.05, 3.63) is 62.4 Å². The number of benzene rings is 1. The van der Waals surface area contributed by atoms with Crippen molar-refractivity contribution in [1.82, 2.24) is 4.98 Å². The molecule has 0 atom stereocenters. The molecule has 0 amide bonds. The average molecular weight is 292 g/mol. The number of halogens is 1. The third kappa shape index (κ3) is 3.24. The fourth-order valence-corrected chi connectivity index (χ4v) is 2.03. The zero-order valence-electron chi connectivity index (χ0n) is 11.2. The first kappa shape index (κ1) is 14.3. The molecular formula is C14H14ClN3O2. The van der Waals surface area contributed by atoms with Crippen LogP contribution < -0.4 is 5.32 Å². The second-order valence-electron chi connectivity index (χ2n) is 4.54.